The summed E-state index contributed by atoms with van der Waals surface area (Å²) in [4.78, 5) is 23.9. The first-order valence-electron chi connectivity index (χ1n) is 5.98. The average Bonchev–Trinajstić information content (AvgIpc) is 2.23. The molecule has 0 heterocycles. The number of hydrogen-bond acceptors (Lipinski definition) is 3. The highest BCUT2D eigenvalue weighted by molar-refractivity contribution is 5.75. The summed E-state index contributed by atoms with van der Waals surface area (Å²) >= 11 is 0. The zero-order chi connectivity index (χ0) is 13.3. The Balaban J connectivity index is 3.69. The number of hydrogen-bond donors (Lipinski definition) is 3. The van der Waals surface area contributed by atoms with Crippen molar-refractivity contribution in [3.8, 4) is 0 Å². The van der Waals surface area contributed by atoms with Crippen LogP contribution in [-0.4, -0.2) is 54.2 Å². The highest BCUT2D eigenvalue weighted by atomic mass is 16.4. The maximum Gasteiger partial charge on any atom is 0.315 e. The summed E-state index contributed by atoms with van der Waals surface area (Å²) in [6, 6.07) is -0.674. The van der Waals surface area contributed by atoms with E-state index in [1.807, 2.05) is 0 Å². The lowest BCUT2D eigenvalue weighted by atomic mass is 10.2. The number of urea groups is 1. The molecule has 0 aliphatic heterocycles. The zero-order valence-electron chi connectivity index (χ0n) is 10.8. The second kappa shape index (κ2) is 8.81. The molecule has 0 saturated carbocycles. The van der Waals surface area contributed by atoms with Crippen molar-refractivity contribution in [2.75, 3.05) is 26.2 Å². The van der Waals surface area contributed by atoms with Crippen molar-refractivity contribution in [2.45, 2.75) is 33.2 Å². The number of carboxylic acid groups (broad SMARTS) is 1. The van der Waals surface area contributed by atoms with Crippen LogP contribution in [0.25, 0.3) is 0 Å². The van der Waals surface area contributed by atoms with Crippen molar-refractivity contribution in [1.82, 2.24) is 15.5 Å². The monoisotopic (exact) mass is 245 g/mol. The molecule has 0 aromatic carbocycles. The Labute approximate surface area is 102 Å². The van der Waals surface area contributed by atoms with Crippen molar-refractivity contribution < 1.29 is 14.7 Å². The van der Waals surface area contributed by atoms with Gasteiger partial charge >= 0.3 is 12.0 Å². The zero-order valence-corrected chi connectivity index (χ0v) is 10.8. The van der Waals surface area contributed by atoms with Crippen molar-refractivity contribution >= 4 is 12.0 Å². The molecule has 1 unspecified atom stereocenters. The minimum Gasteiger partial charge on any atom is -0.481 e. The molecule has 17 heavy (non-hydrogen) atoms. The molecule has 0 aliphatic carbocycles. The summed E-state index contributed by atoms with van der Waals surface area (Å²) in [6.07, 6.45) is -0.0660. The molecule has 0 fully saturated rings. The first kappa shape index (κ1) is 15.7. The van der Waals surface area contributed by atoms with Crippen LogP contribution in [0.15, 0.2) is 0 Å². The molecule has 0 aromatic heterocycles. The van der Waals surface area contributed by atoms with Crippen LogP contribution in [0.2, 0.25) is 0 Å². The quantitative estimate of drug-likeness (QED) is 0.581. The molecule has 100 valence electrons. The van der Waals surface area contributed by atoms with Gasteiger partial charge in [-0.25, -0.2) is 4.79 Å². The standard InChI is InChI=1S/C11H23N3O3/c1-4-14(5-2)7-6-12-11(17)13-9(3)8-10(15)16/h9H,4-8H2,1-3H3,(H,15,16)(H2,12,13,17). The van der Waals surface area contributed by atoms with E-state index in [2.05, 4.69) is 29.4 Å². The molecule has 0 aliphatic rings. The number of likely N-dealkylation sites (N-methyl/N-ethyl adjacent to an activating group) is 1. The normalized spacial score (nSPS) is 12.2. The Morgan fingerprint density at radius 3 is 2.35 bits per heavy atom. The second-order valence-corrected chi connectivity index (χ2v) is 3.93. The summed E-state index contributed by atoms with van der Waals surface area (Å²) in [5.41, 5.74) is 0. The van der Waals surface area contributed by atoms with Crippen LogP contribution >= 0.6 is 0 Å². The predicted molar refractivity (Wildman–Crippen MR) is 66.0 cm³/mol. The molecule has 3 N–H and O–H groups in total. The lowest BCUT2D eigenvalue weighted by molar-refractivity contribution is -0.137. The highest BCUT2D eigenvalue weighted by Gasteiger charge is 2.10. The Bertz CT molecular complexity index is 242. The van der Waals surface area contributed by atoms with Gasteiger partial charge in [0.05, 0.1) is 6.42 Å². The fourth-order valence-corrected chi connectivity index (χ4v) is 1.46. The van der Waals surface area contributed by atoms with Gasteiger partial charge in [0.1, 0.15) is 0 Å². The molecular formula is C11H23N3O3. The lowest BCUT2D eigenvalue weighted by Crippen LogP contribution is -2.44. The van der Waals surface area contributed by atoms with Gasteiger partial charge in [0.15, 0.2) is 0 Å². The van der Waals surface area contributed by atoms with E-state index >= 15 is 0 Å². The van der Waals surface area contributed by atoms with Gasteiger partial charge in [-0.05, 0) is 20.0 Å². The van der Waals surface area contributed by atoms with Gasteiger partial charge in [0.2, 0.25) is 0 Å². The van der Waals surface area contributed by atoms with Crippen molar-refractivity contribution in [3.63, 3.8) is 0 Å². The molecule has 6 heteroatoms. The van der Waals surface area contributed by atoms with Crippen LogP contribution in [0.1, 0.15) is 27.2 Å². The molecule has 6 nitrogen and oxygen atoms in total. The smallest absolute Gasteiger partial charge is 0.315 e. The number of carbonyl (C=O) groups excluding carboxylic acids is 1. The summed E-state index contributed by atoms with van der Waals surface area (Å²) in [5, 5.41) is 13.8. The molecule has 0 rings (SSSR count). The van der Waals surface area contributed by atoms with Gasteiger partial charge in [0, 0.05) is 19.1 Å². The van der Waals surface area contributed by atoms with Crippen LogP contribution in [0.3, 0.4) is 0 Å². The lowest BCUT2D eigenvalue weighted by Gasteiger charge is -2.18. The van der Waals surface area contributed by atoms with E-state index in [9.17, 15) is 9.59 Å². The molecule has 1 atom stereocenters. The first-order valence-corrected chi connectivity index (χ1v) is 5.98. The second-order valence-electron chi connectivity index (χ2n) is 3.93. The third-order valence-corrected chi connectivity index (χ3v) is 2.47. The van der Waals surface area contributed by atoms with Gasteiger partial charge in [-0.15, -0.1) is 0 Å². The van der Waals surface area contributed by atoms with Crippen molar-refractivity contribution in [3.05, 3.63) is 0 Å². The molecule has 0 aromatic rings. The number of nitrogens with one attached hydrogen (secondary N) is 2. The largest absolute Gasteiger partial charge is 0.481 e. The van der Waals surface area contributed by atoms with Crippen LogP contribution in [0, 0.1) is 0 Å². The number of aliphatic carboxylic acids is 1. The van der Waals surface area contributed by atoms with Gasteiger partial charge in [0.25, 0.3) is 0 Å². The number of amides is 2. The van der Waals surface area contributed by atoms with Crippen LogP contribution in [-0.2, 0) is 4.79 Å². The van der Waals surface area contributed by atoms with E-state index in [1.165, 1.54) is 0 Å². The summed E-state index contributed by atoms with van der Waals surface area (Å²) in [6.45, 7) is 9.07. The Kier molecular flexibility index (Phi) is 8.13. The molecule has 2 amide bonds. The fourth-order valence-electron chi connectivity index (χ4n) is 1.46. The summed E-state index contributed by atoms with van der Waals surface area (Å²) < 4.78 is 0. The topological polar surface area (TPSA) is 81.7 Å². The SMILES string of the molecule is CCN(CC)CCNC(=O)NC(C)CC(=O)O. The summed E-state index contributed by atoms with van der Waals surface area (Å²) in [5.74, 6) is -0.916. The fraction of sp³-hybridized carbons (Fsp3) is 0.818. The van der Waals surface area contributed by atoms with E-state index in [1.54, 1.807) is 6.92 Å². The minimum absolute atomic E-state index is 0.0660. The Morgan fingerprint density at radius 2 is 1.88 bits per heavy atom. The van der Waals surface area contributed by atoms with Crippen LogP contribution in [0.4, 0.5) is 4.79 Å². The van der Waals surface area contributed by atoms with Gasteiger partial charge in [-0.2, -0.15) is 0 Å². The molecular weight excluding hydrogens is 222 g/mol. The van der Waals surface area contributed by atoms with E-state index in [4.69, 9.17) is 5.11 Å². The van der Waals surface area contributed by atoms with E-state index in [0.717, 1.165) is 19.6 Å². The Morgan fingerprint density at radius 1 is 1.29 bits per heavy atom. The maximum absolute atomic E-state index is 11.4. The van der Waals surface area contributed by atoms with Crippen LogP contribution < -0.4 is 10.6 Å². The molecule has 0 saturated heterocycles. The van der Waals surface area contributed by atoms with Crippen LogP contribution in [0.5, 0.6) is 0 Å². The number of carboxylic acids is 1. The Hall–Kier alpha value is -1.30. The molecule has 0 bridgehead atoms. The number of carbonyl (C=O) groups is 2. The molecule has 0 spiro atoms. The molecule has 0 radical (unpaired) electrons. The number of rotatable bonds is 8. The van der Waals surface area contributed by atoms with E-state index < -0.39 is 5.97 Å². The van der Waals surface area contributed by atoms with Crippen molar-refractivity contribution in [2.24, 2.45) is 0 Å². The third kappa shape index (κ3) is 8.50. The predicted octanol–water partition coefficient (Wildman–Crippen LogP) is 0.491. The maximum atomic E-state index is 11.4. The van der Waals surface area contributed by atoms with Gasteiger partial charge in [-0.1, -0.05) is 13.8 Å². The average molecular weight is 245 g/mol. The third-order valence-electron chi connectivity index (χ3n) is 2.47. The first-order chi connectivity index (χ1) is 7.99. The summed E-state index contributed by atoms with van der Waals surface area (Å²) in [7, 11) is 0. The van der Waals surface area contributed by atoms with E-state index in [0.29, 0.717) is 6.54 Å². The minimum atomic E-state index is -0.916. The number of nitrogens with zero attached hydrogens (tertiary/aromatic N) is 1. The highest BCUT2D eigenvalue weighted by Crippen LogP contribution is 1.89. The van der Waals surface area contributed by atoms with Gasteiger partial charge < -0.3 is 20.6 Å². The van der Waals surface area contributed by atoms with Gasteiger partial charge in [-0.3, -0.25) is 4.79 Å². The van der Waals surface area contributed by atoms with Crippen molar-refractivity contribution in [1.29, 1.82) is 0 Å². The van der Waals surface area contributed by atoms with E-state index in [-0.39, 0.29) is 18.5 Å².